The Bertz CT molecular complexity index is 727. The highest BCUT2D eigenvalue weighted by Crippen LogP contribution is 2.31. The third-order valence-corrected chi connectivity index (χ3v) is 4.17. The number of benzene rings is 1. The first-order chi connectivity index (χ1) is 10.3. The SMILES string of the molecule is CCOc1ccc2nc(NC(C)c3ccncc3)sc2c1. The summed E-state index contributed by atoms with van der Waals surface area (Å²) in [7, 11) is 0. The summed E-state index contributed by atoms with van der Waals surface area (Å²) >= 11 is 1.64. The van der Waals surface area contributed by atoms with Crippen molar-refractivity contribution in [3.8, 4) is 5.75 Å². The molecule has 3 aromatic rings. The van der Waals surface area contributed by atoms with E-state index in [9.17, 15) is 0 Å². The Morgan fingerprint density at radius 3 is 2.81 bits per heavy atom. The smallest absolute Gasteiger partial charge is 0.184 e. The summed E-state index contributed by atoms with van der Waals surface area (Å²) < 4.78 is 6.66. The van der Waals surface area contributed by atoms with Gasteiger partial charge in [0.15, 0.2) is 5.13 Å². The number of pyridine rings is 1. The van der Waals surface area contributed by atoms with Crippen LogP contribution < -0.4 is 10.1 Å². The molecule has 0 bridgehead atoms. The van der Waals surface area contributed by atoms with Gasteiger partial charge in [0, 0.05) is 12.4 Å². The van der Waals surface area contributed by atoms with Gasteiger partial charge in [-0.25, -0.2) is 4.98 Å². The normalized spacial score (nSPS) is 12.3. The number of ether oxygens (including phenoxy) is 1. The van der Waals surface area contributed by atoms with E-state index in [1.165, 1.54) is 5.56 Å². The van der Waals surface area contributed by atoms with Gasteiger partial charge in [0.2, 0.25) is 0 Å². The first-order valence-electron chi connectivity index (χ1n) is 6.96. The van der Waals surface area contributed by atoms with Crippen LogP contribution in [0, 0.1) is 0 Å². The van der Waals surface area contributed by atoms with Crippen LogP contribution in [0.3, 0.4) is 0 Å². The maximum Gasteiger partial charge on any atom is 0.184 e. The highest BCUT2D eigenvalue weighted by atomic mass is 32.1. The molecule has 1 aromatic carbocycles. The van der Waals surface area contributed by atoms with Gasteiger partial charge >= 0.3 is 0 Å². The Kier molecular flexibility index (Phi) is 4.01. The molecule has 0 radical (unpaired) electrons. The summed E-state index contributed by atoms with van der Waals surface area (Å²) in [5, 5.41) is 4.36. The molecule has 0 saturated heterocycles. The van der Waals surface area contributed by atoms with Gasteiger partial charge in [0.25, 0.3) is 0 Å². The van der Waals surface area contributed by atoms with Crippen molar-refractivity contribution in [3.05, 3.63) is 48.3 Å². The molecule has 0 saturated carbocycles. The van der Waals surface area contributed by atoms with Crippen LogP contribution in [0.1, 0.15) is 25.5 Å². The van der Waals surface area contributed by atoms with Crippen LogP contribution in [-0.2, 0) is 0 Å². The number of rotatable bonds is 5. The molecule has 1 atom stereocenters. The number of fused-ring (bicyclic) bond motifs is 1. The molecule has 3 rings (SSSR count). The molecule has 21 heavy (non-hydrogen) atoms. The molecule has 0 aliphatic rings. The average Bonchev–Trinajstić information content (AvgIpc) is 2.90. The highest BCUT2D eigenvalue weighted by Gasteiger charge is 2.09. The van der Waals surface area contributed by atoms with Crippen LogP contribution in [0.4, 0.5) is 5.13 Å². The highest BCUT2D eigenvalue weighted by molar-refractivity contribution is 7.22. The maximum absolute atomic E-state index is 5.53. The molecule has 0 fully saturated rings. The molecular weight excluding hydrogens is 282 g/mol. The zero-order valence-corrected chi connectivity index (χ0v) is 12.9. The molecule has 2 aromatic heterocycles. The van der Waals surface area contributed by atoms with E-state index in [4.69, 9.17) is 4.74 Å². The summed E-state index contributed by atoms with van der Waals surface area (Å²) in [5.74, 6) is 0.891. The van der Waals surface area contributed by atoms with Gasteiger partial charge < -0.3 is 10.1 Å². The van der Waals surface area contributed by atoms with E-state index >= 15 is 0 Å². The van der Waals surface area contributed by atoms with Gasteiger partial charge in [-0.05, 0) is 49.7 Å². The van der Waals surface area contributed by atoms with E-state index in [1.54, 1.807) is 23.7 Å². The predicted octanol–water partition coefficient (Wildman–Crippen LogP) is 4.26. The lowest BCUT2D eigenvalue weighted by Gasteiger charge is -2.12. The molecule has 0 aliphatic heterocycles. The van der Waals surface area contributed by atoms with Crippen molar-refractivity contribution in [1.29, 1.82) is 0 Å². The Hall–Kier alpha value is -2.14. The van der Waals surface area contributed by atoms with Gasteiger partial charge in [-0.2, -0.15) is 0 Å². The quantitative estimate of drug-likeness (QED) is 0.764. The fourth-order valence-electron chi connectivity index (χ4n) is 2.14. The van der Waals surface area contributed by atoms with Crippen LogP contribution in [0.5, 0.6) is 5.75 Å². The minimum atomic E-state index is 0.194. The molecular formula is C16H17N3OS. The van der Waals surface area contributed by atoms with Crippen molar-refractivity contribution in [2.24, 2.45) is 0 Å². The maximum atomic E-state index is 5.53. The summed E-state index contributed by atoms with van der Waals surface area (Å²) in [4.78, 5) is 8.66. The van der Waals surface area contributed by atoms with Gasteiger partial charge in [0.05, 0.1) is 22.9 Å². The monoisotopic (exact) mass is 299 g/mol. The second kappa shape index (κ2) is 6.10. The fourth-order valence-corrected chi connectivity index (χ4v) is 3.13. The first-order valence-corrected chi connectivity index (χ1v) is 7.78. The number of aromatic nitrogens is 2. The van der Waals surface area contributed by atoms with E-state index in [1.807, 2.05) is 37.3 Å². The number of nitrogens with one attached hydrogen (secondary N) is 1. The predicted molar refractivity (Wildman–Crippen MR) is 87.1 cm³/mol. The molecule has 2 heterocycles. The largest absolute Gasteiger partial charge is 0.494 e. The van der Waals surface area contributed by atoms with Crippen molar-refractivity contribution in [1.82, 2.24) is 9.97 Å². The summed E-state index contributed by atoms with van der Waals surface area (Å²) in [5.41, 5.74) is 2.19. The minimum absolute atomic E-state index is 0.194. The van der Waals surface area contributed by atoms with Crippen LogP contribution in [0.25, 0.3) is 10.2 Å². The van der Waals surface area contributed by atoms with Crippen molar-refractivity contribution in [2.75, 3.05) is 11.9 Å². The van der Waals surface area contributed by atoms with Gasteiger partial charge in [-0.3, -0.25) is 4.98 Å². The van der Waals surface area contributed by atoms with E-state index < -0.39 is 0 Å². The van der Waals surface area contributed by atoms with Gasteiger partial charge in [-0.1, -0.05) is 11.3 Å². The molecule has 0 amide bonds. The fraction of sp³-hybridized carbons (Fsp3) is 0.250. The van der Waals surface area contributed by atoms with E-state index in [-0.39, 0.29) is 6.04 Å². The topological polar surface area (TPSA) is 47.0 Å². The van der Waals surface area contributed by atoms with Crippen LogP contribution >= 0.6 is 11.3 Å². The molecule has 1 N–H and O–H groups in total. The zero-order valence-electron chi connectivity index (χ0n) is 12.0. The van der Waals surface area contributed by atoms with Crippen LogP contribution in [-0.4, -0.2) is 16.6 Å². The third-order valence-electron chi connectivity index (χ3n) is 3.22. The van der Waals surface area contributed by atoms with E-state index in [0.29, 0.717) is 6.61 Å². The second-order valence-corrected chi connectivity index (χ2v) is 5.76. The van der Waals surface area contributed by atoms with Gasteiger partial charge in [-0.15, -0.1) is 0 Å². The Labute approximate surface area is 127 Å². The molecule has 1 unspecified atom stereocenters. The molecule has 4 nitrogen and oxygen atoms in total. The summed E-state index contributed by atoms with van der Waals surface area (Å²) in [6.45, 7) is 4.78. The Morgan fingerprint density at radius 1 is 1.24 bits per heavy atom. The Morgan fingerprint density at radius 2 is 2.05 bits per heavy atom. The van der Waals surface area contributed by atoms with Crippen LogP contribution in [0.15, 0.2) is 42.7 Å². The number of hydrogen-bond donors (Lipinski definition) is 1. The summed E-state index contributed by atoms with van der Waals surface area (Å²) in [6, 6.07) is 10.2. The molecule has 5 heteroatoms. The lowest BCUT2D eigenvalue weighted by atomic mass is 10.1. The zero-order chi connectivity index (χ0) is 14.7. The standard InChI is InChI=1S/C16H17N3OS/c1-3-20-13-4-5-14-15(10-13)21-16(19-14)18-11(2)12-6-8-17-9-7-12/h4-11H,3H2,1-2H3,(H,18,19). The number of hydrogen-bond acceptors (Lipinski definition) is 5. The number of thiazole rings is 1. The number of nitrogens with zero attached hydrogens (tertiary/aromatic N) is 2. The van der Waals surface area contributed by atoms with E-state index in [0.717, 1.165) is 21.1 Å². The molecule has 108 valence electrons. The van der Waals surface area contributed by atoms with E-state index in [2.05, 4.69) is 22.2 Å². The Balaban J connectivity index is 1.81. The molecule has 0 spiro atoms. The molecule has 0 aliphatic carbocycles. The second-order valence-electron chi connectivity index (χ2n) is 4.73. The minimum Gasteiger partial charge on any atom is -0.494 e. The lowest BCUT2D eigenvalue weighted by Crippen LogP contribution is -2.05. The van der Waals surface area contributed by atoms with Crippen molar-refractivity contribution in [2.45, 2.75) is 19.9 Å². The lowest BCUT2D eigenvalue weighted by molar-refractivity contribution is 0.341. The number of anilines is 1. The third kappa shape index (κ3) is 3.13. The van der Waals surface area contributed by atoms with Crippen molar-refractivity contribution < 1.29 is 4.74 Å². The van der Waals surface area contributed by atoms with Gasteiger partial charge in [0.1, 0.15) is 5.75 Å². The summed E-state index contributed by atoms with van der Waals surface area (Å²) in [6.07, 6.45) is 3.61. The van der Waals surface area contributed by atoms with Crippen molar-refractivity contribution >= 4 is 26.7 Å². The first kappa shape index (κ1) is 13.8. The average molecular weight is 299 g/mol. The van der Waals surface area contributed by atoms with Crippen molar-refractivity contribution in [3.63, 3.8) is 0 Å². The van der Waals surface area contributed by atoms with Crippen LogP contribution in [0.2, 0.25) is 0 Å².